The van der Waals surface area contributed by atoms with E-state index in [9.17, 15) is 88.6 Å². The minimum absolute atomic E-state index is 0.0560. The summed E-state index contributed by atoms with van der Waals surface area (Å²) in [7, 11) is 0. The van der Waals surface area contributed by atoms with Gasteiger partial charge in [0.1, 0.15) is 11.9 Å². The van der Waals surface area contributed by atoms with E-state index in [1.807, 2.05) is 20.8 Å². The Bertz CT molecular complexity index is 1620. The number of esters is 1. The van der Waals surface area contributed by atoms with E-state index in [2.05, 4.69) is 5.32 Å². The second kappa shape index (κ2) is 20.3. The van der Waals surface area contributed by atoms with Crippen molar-refractivity contribution in [1.82, 2.24) is 5.32 Å². The highest BCUT2D eigenvalue weighted by Crippen LogP contribution is 2.55. The van der Waals surface area contributed by atoms with Gasteiger partial charge in [-0.25, -0.2) is 4.79 Å². The quantitative estimate of drug-likeness (QED) is 0.0387. The minimum atomic E-state index is -7.29. The predicted molar refractivity (Wildman–Crippen MR) is 186 cm³/mol. The molecular weight excluding hydrogens is 908 g/mol. The fraction of sp³-hybridized carbons (Fsp3) is 0.737. The molecule has 0 bridgehead atoms. The second-order valence-corrected chi connectivity index (χ2v) is 15.5. The topological polar surface area (TPSA) is 83.1 Å². The van der Waals surface area contributed by atoms with Crippen LogP contribution in [0.2, 0.25) is 0 Å². The summed E-state index contributed by atoms with van der Waals surface area (Å²) < 4.78 is 260. The van der Waals surface area contributed by atoms with Crippen molar-refractivity contribution in [2.24, 2.45) is 5.41 Å². The lowest BCUT2D eigenvalue weighted by molar-refractivity contribution is -0.399. The number of benzene rings is 1. The zero-order valence-electron chi connectivity index (χ0n) is 33.9. The number of rotatable bonds is 23. The van der Waals surface area contributed by atoms with Gasteiger partial charge in [-0.2, -0.15) is 79.0 Å². The zero-order valence-corrected chi connectivity index (χ0v) is 33.9. The third-order valence-corrected chi connectivity index (χ3v) is 10.2. The van der Waals surface area contributed by atoms with Crippen LogP contribution in [-0.4, -0.2) is 97.5 Å². The molecule has 364 valence electrons. The van der Waals surface area contributed by atoms with Crippen molar-refractivity contribution in [3.8, 4) is 5.75 Å². The number of amides is 1. The van der Waals surface area contributed by atoms with Gasteiger partial charge in [-0.15, -0.1) is 0 Å². The van der Waals surface area contributed by atoms with E-state index in [1.165, 1.54) is 30.3 Å². The molecule has 0 heterocycles. The zero-order chi connectivity index (χ0) is 48.7. The number of hydrogen-bond acceptors (Lipinski definition) is 6. The molecule has 0 spiro atoms. The van der Waals surface area contributed by atoms with Crippen molar-refractivity contribution in [2.45, 2.75) is 151 Å². The minimum Gasteiger partial charge on any atom is -0.494 e. The van der Waals surface area contributed by atoms with E-state index >= 15 is 0 Å². The van der Waals surface area contributed by atoms with Crippen molar-refractivity contribution in [3.05, 3.63) is 35.9 Å². The van der Waals surface area contributed by atoms with Gasteiger partial charge in [0.2, 0.25) is 5.91 Å². The summed E-state index contributed by atoms with van der Waals surface area (Å²) in [5.74, 6) is -44.5. The van der Waals surface area contributed by atoms with Gasteiger partial charge in [-0.3, -0.25) is 4.79 Å². The Morgan fingerprint density at radius 3 is 1.49 bits per heavy atom. The SMILES string of the molecule is CCC(C)(C)C(=O)N[C@H]1CC[C@H](OC(=O)/C=C/c2ccc(OCCCC(C)(OCCC(F)(F)C(F)(F)C(F)(F)C(F)(F)F)OCCC(F)(F)C(F)(F)C(F)(F)C(F)(F)F)cc2)CC1. The van der Waals surface area contributed by atoms with Crippen LogP contribution in [0.4, 0.5) is 79.0 Å². The van der Waals surface area contributed by atoms with Gasteiger partial charge in [0, 0.05) is 36.8 Å². The van der Waals surface area contributed by atoms with Crippen LogP contribution >= 0.6 is 0 Å². The van der Waals surface area contributed by atoms with Gasteiger partial charge in [-0.05, 0) is 69.2 Å². The summed E-state index contributed by atoms with van der Waals surface area (Å²) in [6, 6.07) is 5.53. The predicted octanol–water partition coefficient (Wildman–Crippen LogP) is 11.7. The van der Waals surface area contributed by atoms with Crippen LogP contribution in [0.3, 0.4) is 0 Å². The van der Waals surface area contributed by atoms with Crippen LogP contribution in [0, 0.1) is 5.41 Å². The van der Waals surface area contributed by atoms with E-state index in [0.717, 1.165) is 6.08 Å². The van der Waals surface area contributed by atoms with Crippen molar-refractivity contribution in [1.29, 1.82) is 0 Å². The van der Waals surface area contributed by atoms with Crippen LogP contribution in [0.5, 0.6) is 5.75 Å². The maximum atomic E-state index is 14.1. The molecule has 0 saturated heterocycles. The first-order chi connectivity index (χ1) is 28.4. The Hall–Kier alpha value is -3.64. The van der Waals surface area contributed by atoms with Crippen LogP contribution < -0.4 is 10.1 Å². The van der Waals surface area contributed by atoms with Crippen molar-refractivity contribution < 1.29 is 108 Å². The second-order valence-electron chi connectivity index (χ2n) is 15.5. The van der Waals surface area contributed by atoms with E-state index in [-0.39, 0.29) is 23.8 Å². The van der Waals surface area contributed by atoms with Crippen molar-refractivity contribution >= 4 is 18.0 Å². The Kier molecular flexibility index (Phi) is 17.8. The van der Waals surface area contributed by atoms with Gasteiger partial charge in [0.05, 0.1) is 19.8 Å². The van der Waals surface area contributed by atoms with Crippen LogP contribution in [0.25, 0.3) is 6.08 Å². The molecule has 63 heavy (non-hydrogen) atoms. The average molecular weight is 954 g/mol. The van der Waals surface area contributed by atoms with Gasteiger partial charge < -0.3 is 24.3 Å². The molecule has 1 N–H and O–H groups in total. The molecule has 1 saturated carbocycles. The third kappa shape index (κ3) is 13.7. The lowest BCUT2D eigenvalue weighted by Gasteiger charge is -2.36. The summed E-state index contributed by atoms with van der Waals surface area (Å²) in [5.41, 5.74) is -0.0747. The first-order valence-electron chi connectivity index (χ1n) is 19.0. The number of hydrogen-bond donors (Lipinski definition) is 1. The molecule has 0 radical (unpaired) electrons. The van der Waals surface area contributed by atoms with E-state index in [4.69, 9.17) is 18.9 Å². The lowest BCUT2D eigenvalue weighted by Crippen LogP contribution is -2.61. The van der Waals surface area contributed by atoms with E-state index < -0.39 is 111 Å². The molecule has 0 aliphatic heterocycles. The molecule has 0 unspecified atom stereocenters. The molecule has 1 amide bonds. The first kappa shape index (κ1) is 55.5. The smallest absolute Gasteiger partial charge is 0.460 e. The summed E-state index contributed by atoms with van der Waals surface area (Å²) in [5, 5.41) is 3.01. The fourth-order valence-corrected chi connectivity index (χ4v) is 5.60. The Balaban J connectivity index is 2.05. The molecule has 0 atom stereocenters. The fourth-order valence-electron chi connectivity index (χ4n) is 5.60. The number of carbonyl (C=O) groups is 2. The van der Waals surface area contributed by atoms with Gasteiger partial charge >= 0.3 is 53.9 Å². The van der Waals surface area contributed by atoms with Gasteiger partial charge in [0.15, 0.2) is 5.79 Å². The number of halogens is 18. The number of ether oxygens (including phenoxy) is 4. The molecule has 1 aliphatic carbocycles. The summed E-state index contributed by atoms with van der Waals surface area (Å²) in [4.78, 5) is 24.8. The normalized spacial score (nSPS) is 18.1. The largest absolute Gasteiger partial charge is 0.494 e. The molecule has 0 aromatic heterocycles. The van der Waals surface area contributed by atoms with Gasteiger partial charge in [0.25, 0.3) is 0 Å². The van der Waals surface area contributed by atoms with Crippen molar-refractivity contribution in [2.75, 3.05) is 19.8 Å². The molecule has 7 nitrogen and oxygen atoms in total. The highest BCUT2D eigenvalue weighted by molar-refractivity contribution is 5.87. The van der Waals surface area contributed by atoms with Crippen LogP contribution in [0.1, 0.15) is 91.0 Å². The third-order valence-electron chi connectivity index (χ3n) is 10.2. The summed E-state index contributed by atoms with van der Waals surface area (Å²) in [6.45, 7) is 1.87. The number of nitrogens with one attached hydrogen (secondary N) is 1. The molecule has 1 aliphatic rings. The monoisotopic (exact) mass is 953 g/mol. The molecular formula is C38H45F18NO6. The lowest BCUT2D eigenvalue weighted by atomic mass is 9.87. The van der Waals surface area contributed by atoms with E-state index in [0.29, 0.717) is 44.6 Å². The molecule has 2 rings (SSSR count). The molecule has 1 aromatic carbocycles. The maximum Gasteiger partial charge on any atom is 0.460 e. The summed E-state index contributed by atoms with van der Waals surface area (Å²) >= 11 is 0. The van der Waals surface area contributed by atoms with E-state index in [1.54, 1.807) is 0 Å². The average Bonchev–Trinajstić information content (AvgIpc) is 3.15. The molecule has 25 heteroatoms. The highest BCUT2D eigenvalue weighted by Gasteiger charge is 2.82. The Morgan fingerprint density at radius 1 is 0.635 bits per heavy atom. The van der Waals surface area contributed by atoms with Gasteiger partial charge in [-0.1, -0.05) is 32.9 Å². The Labute approximate surface area is 349 Å². The molecule has 1 aromatic rings. The summed E-state index contributed by atoms with van der Waals surface area (Å²) in [6.07, 6.45) is -15.8. The van der Waals surface area contributed by atoms with Crippen LogP contribution in [-0.2, 0) is 23.8 Å². The standard InChI is InChI=1S/C38H45F18NO6/c1-5-29(2,3)28(59)57-24-10-14-26(15-11-24)63-27(58)16-9-23-7-12-25(13-8-23)60-20-6-17-30(4,61-21-18-31(39,40)33(43,44)35(47,48)37(51,52)53)62-22-19-32(41,42)34(45,46)36(49,50)38(54,55)56/h7-9,12-13,16,24,26H,5-6,10-11,14-15,17-22H2,1-4H3,(H,57,59)/b16-9+/t24-,26-. The molecule has 1 fully saturated rings. The van der Waals surface area contributed by atoms with Crippen molar-refractivity contribution in [3.63, 3.8) is 0 Å². The number of carbonyl (C=O) groups excluding carboxylic acids is 2. The first-order valence-corrected chi connectivity index (χ1v) is 19.0. The highest BCUT2D eigenvalue weighted by atomic mass is 19.4. The Morgan fingerprint density at radius 2 is 1.08 bits per heavy atom. The number of alkyl halides is 18. The van der Waals surface area contributed by atoms with Crippen LogP contribution in [0.15, 0.2) is 30.3 Å². The maximum absolute atomic E-state index is 14.1.